The van der Waals surface area contributed by atoms with Gasteiger partial charge in [0.05, 0.1) is 0 Å². The minimum Gasteiger partial charge on any atom is -0.353 e. The summed E-state index contributed by atoms with van der Waals surface area (Å²) in [6.45, 7) is 4.21. The summed E-state index contributed by atoms with van der Waals surface area (Å²) < 4.78 is 24.7. The fraction of sp³-hybridized carbons (Fsp3) is 0.700. The Balaban J connectivity index is 2.62. The van der Waals surface area contributed by atoms with Gasteiger partial charge in [-0.1, -0.05) is 57.6 Å². The molecule has 0 radical (unpaired) electrons. The van der Waals surface area contributed by atoms with Crippen LogP contribution in [0.4, 0.5) is 4.39 Å². The van der Waals surface area contributed by atoms with Gasteiger partial charge in [-0.25, -0.2) is 4.39 Å². The van der Waals surface area contributed by atoms with Crippen LogP contribution in [0.3, 0.4) is 0 Å². The molecule has 0 N–H and O–H groups in total. The van der Waals surface area contributed by atoms with Gasteiger partial charge in [0.2, 0.25) is 0 Å². The molecule has 3 heteroatoms. The van der Waals surface area contributed by atoms with Crippen LogP contribution in [0.15, 0.2) is 24.3 Å². The topological polar surface area (TPSA) is 18.5 Å². The molecule has 1 aromatic rings. The fourth-order valence-corrected chi connectivity index (χ4v) is 3.09. The molecule has 0 aromatic heterocycles. The maximum Gasteiger partial charge on any atom is 0.167 e. The van der Waals surface area contributed by atoms with Gasteiger partial charge in [0.1, 0.15) is 5.82 Å². The van der Waals surface area contributed by atoms with Gasteiger partial charge in [-0.3, -0.25) is 0 Å². The first-order chi connectivity index (χ1) is 11.1. The van der Waals surface area contributed by atoms with Gasteiger partial charge in [0.25, 0.3) is 0 Å². The van der Waals surface area contributed by atoms with E-state index in [1.165, 1.54) is 38.2 Å². The van der Waals surface area contributed by atoms with Gasteiger partial charge < -0.3 is 9.47 Å². The van der Waals surface area contributed by atoms with E-state index in [1.807, 2.05) is 13.0 Å². The largest absolute Gasteiger partial charge is 0.353 e. The zero-order chi connectivity index (χ0) is 17.1. The van der Waals surface area contributed by atoms with Crippen molar-refractivity contribution in [1.29, 1.82) is 0 Å². The van der Waals surface area contributed by atoms with Crippen molar-refractivity contribution in [3.8, 4) is 0 Å². The van der Waals surface area contributed by atoms with Gasteiger partial charge in [-0.2, -0.15) is 0 Å². The van der Waals surface area contributed by atoms with E-state index >= 15 is 0 Å². The lowest BCUT2D eigenvalue weighted by Crippen LogP contribution is -2.40. The molecule has 132 valence electrons. The van der Waals surface area contributed by atoms with Crippen molar-refractivity contribution in [3.05, 3.63) is 35.6 Å². The third kappa shape index (κ3) is 7.01. The van der Waals surface area contributed by atoms with E-state index in [-0.39, 0.29) is 11.7 Å². The summed E-state index contributed by atoms with van der Waals surface area (Å²) in [6.07, 6.45) is 9.39. The first-order valence-electron chi connectivity index (χ1n) is 8.90. The van der Waals surface area contributed by atoms with Gasteiger partial charge in [0.15, 0.2) is 5.79 Å². The highest BCUT2D eigenvalue weighted by Gasteiger charge is 2.33. The standard InChI is InChI=1S/C20H33FO2/c1-5-6-7-8-9-10-13-18(20(2,22-3)23-4)15-17-12-11-14-19(21)16-17/h11-12,14,16,18H,5-10,13,15H2,1-4H3. The smallest absolute Gasteiger partial charge is 0.167 e. The maximum atomic E-state index is 13.4. The lowest BCUT2D eigenvalue weighted by atomic mass is 9.87. The third-order valence-corrected chi connectivity index (χ3v) is 4.83. The minimum atomic E-state index is -0.629. The molecule has 0 spiro atoms. The Kier molecular flexibility index (Phi) is 9.42. The van der Waals surface area contributed by atoms with E-state index in [4.69, 9.17) is 9.47 Å². The number of halogens is 1. The number of ether oxygens (including phenoxy) is 2. The van der Waals surface area contributed by atoms with Crippen LogP contribution in [0.25, 0.3) is 0 Å². The Morgan fingerprint density at radius 2 is 1.70 bits per heavy atom. The minimum absolute atomic E-state index is 0.183. The van der Waals surface area contributed by atoms with Crippen LogP contribution >= 0.6 is 0 Å². The van der Waals surface area contributed by atoms with Crippen LogP contribution in [0.1, 0.15) is 64.4 Å². The van der Waals surface area contributed by atoms with Gasteiger partial charge in [0, 0.05) is 20.1 Å². The molecule has 0 saturated heterocycles. The molecule has 0 heterocycles. The second-order valence-electron chi connectivity index (χ2n) is 6.51. The summed E-state index contributed by atoms with van der Waals surface area (Å²) in [6, 6.07) is 6.84. The Hall–Kier alpha value is -0.930. The monoisotopic (exact) mass is 324 g/mol. The lowest BCUT2D eigenvalue weighted by Gasteiger charge is -2.35. The first-order valence-corrected chi connectivity index (χ1v) is 8.90. The molecular formula is C20H33FO2. The number of hydrogen-bond acceptors (Lipinski definition) is 2. The highest BCUT2D eigenvalue weighted by Crippen LogP contribution is 2.30. The molecule has 0 aliphatic rings. The summed E-state index contributed by atoms with van der Waals surface area (Å²) in [5, 5.41) is 0. The molecule has 23 heavy (non-hydrogen) atoms. The maximum absolute atomic E-state index is 13.4. The van der Waals surface area contributed by atoms with E-state index in [0.717, 1.165) is 24.8 Å². The Bertz CT molecular complexity index is 429. The zero-order valence-electron chi connectivity index (χ0n) is 15.2. The average molecular weight is 324 g/mol. The fourth-order valence-electron chi connectivity index (χ4n) is 3.09. The van der Waals surface area contributed by atoms with Gasteiger partial charge in [-0.15, -0.1) is 0 Å². The third-order valence-electron chi connectivity index (χ3n) is 4.83. The Labute approximate surface area is 141 Å². The quantitative estimate of drug-likeness (QED) is 0.360. The highest BCUT2D eigenvalue weighted by atomic mass is 19.1. The first kappa shape index (κ1) is 20.1. The highest BCUT2D eigenvalue weighted by molar-refractivity contribution is 5.17. The lowest BCUT2D eigenvalue weighted by molar-refractivity contribution is -0.228. The molecule has 0 saturated carbocycles. The van der Waals surface area contributed by atoms with Crippen LogP contribution in [-0.2, 0) is 15.9 Å². The van der Waals surface area contributed by atoms with Gasteiger partial charge >= 0.3 is 0 Å². The van der Waals surface area contributed by atoms with Crippen molar-refractivity contribution in [2.45, 2.75) is 71.0 Å². The summed E-state index contributed by atoms with van der Waals surface area (Å²) in [7, 11) is 3.37. The van der Waals surface area contributed by atoms with E-state index in [0.29, 0.717) is 0 Å². The molecule has 1 aromatic carbocycles. The predicted molar refractivity (Wildman–Crippen MR) is 94.0 cm³/mol. The summed E-state index contributed by atoms with van der Waals surface area (Å²) in [5.41, 5.74) is 1.00. The molecule has 0 aliphatic carbocycles. The van der Waals surface area contributed by atoms with Crippen molar-refractivity contribution < 1.29 is 13.9 Å². The molecule has 2 nitrogen and oxygen atoms in total. The molecule has 1 unspecified atom stereocenters. The average Bonchev–Trinajstić information content (AvgIpc) is 2.56. The summed E-state index contributed by atoms with van der Waals surface area (Å²) in [4.78, 5) is 0. The van der Waals surface area contributed by atoms with E-state index in [2.05, 4.69) is 6.92 Å². The number of hydrogen-bond donors (Lipinski definition) is 0. The molecule has 0 bridgehead atoms. The zero-order valence-corrected chi connectivity index (χ0v) is 15.2. The SMILES string of the molecule is CCCCCCCCC(Cc1cccc(F)c1)C(C)(OC)OC. The van der Waals surface area contributed by atoms with Crippen molar-refractivity contribution >= 4 is 0 Å². The van der Waals surface area contributed by atoms with Crippen molar-refractivity contribution in [2.75, 3.05) is 14.2 Å². The molecule has 1 atom stereocenters. The molecule has 1 rings (SSSR count). The molecular weight excluding hydrogens is 291 g/mol. The molecule has 0 fully saturated rings. The van der Waals surface area contributed by atoms with Crippen LogP contribution < -0.4 is 0 Å². The van der Waals surface area contributed by atoms with E-state index in [9.17, 15) is 4.39 Å². The number of rotatable bonds is 12. The Morgan fingerprint density at radius 3 is 2.30 bits per heavy atom. The predicted octanol–water partition coefficient (Wildman–Crippen LogP) is 5.74. The summed E-state index contributed by atoms with van der Waals surface area (Å²) in [5.74, 6) is -0.599. The summed E-state index contributed by atoms with van der Waals surface area (Å²) >= 11 is 0. The number of benzene rings is 1. The number of methoxy groups -OCH3 is 2. The van der Waals surface area contributed by atoms with E-state index in [1.54, 1.807) is 26.4 Å². The van der Waals surface area contributed by atoms with Crippen molar-refractivity contribution in [3.63, 3.8) is 0 Å². The van der Waals surface area contributed by atoms with Crippen molar-refractivity contribution in [1.82, 2.24) is 0 Å². The molecule has 0 aliphatic heterocycles. The van der Waals surface area contributed by atoms with Gasteiger partial charge in [-0.05, 0) is 37.5 Å². The van der Waals surface area contributed by atoms with Crippen molar-refractivity contribution in [2.24, 2.45) is 5.92 Å². The van der Waals surface area contributed by atoms with Crippen LogP contribution in [0.2, 0.25) is 0 Å². The normalized spacial score (nSPS) is 13.3. The van der Waals surface area contributed by atoms with Crippen LogP contribution in [0.5, 0.6) is 0 Å². The molecule has 0 amide bonds. The second-order valence-corrected chi connectivity index (χ2v) is 6.51. The second kappa shape index (κ2) is 10.8. The van der Waals surface area contributed by atoms with Crippen LogP contribution in [0, 0.1) is 11.7 Å². The Morgan fingerprint density at radius 1 is 1.04 bits per heavy atom. The van der Waals surface area contributed by atoms with E-state index < -0.39 is 5.79 Å². The number of unbranched alkanes of at least 4 members (excludes halogenated alkanes) is 5. The van der Waals surface area contributed by atoms with Crippen LogP contribution in [-0.4, -0.2) is 20.0 Å².